The van der Waals surface area contributed by atoms with Crippen molar-refractivity contribution >= 4 is 10.2 Å². The van der Waals surface area contributed by atoms with E-state index in [1.807, 2.05) is 0 Å². The number of likely N-dealkylation sites (tertiary alicyclic amines) is 2. The van der Waals surface area contributed by atoms with E-state index in [0.29, 0.717) is 5.66 Å². The minimum absolute atomic E-state index is 0.300. The molecule has 0 aromatic rings. The first-order valence-electron chi connectivity index (χ1n) is 8.27. The highest BCUT2D eigenvalue weighted by Crippen LogP contribution is 2.32. The Morgan fingerprint density at radius 2 is 1.37 bits per heavy atom. The lowest BCUT2D eigenvalue weighted by Crippen LogP contribution is -2.61. The molecule has 19 heavy (non-hydrogen) atoms. The predicted octanol–water partition coefficient (Wildman–Crippen LogP) is 2.33. The van der Waals surface area contributed by atoms with Gasteiger partial charge >= 0.3 is 0 Å². The molecular weight excluding hydrogens is 248 g/mol. The molecule has 2 fully saturated rings. The molecule has 2 aliphatic heterocycles. The molecule has 0 radical (unpaired) electrons. The van der Waals surface area contributed by atoms with Crippen LogP contribution in [0.2, 0.25) is 0 Å². The standard InChI is InChI=1S/C16H32N2Si/c1-15(19)9-10-16(2,17-11-5-3-6-12-17)18-13-7-4-8-14-18/h1,3-14H2,2,19H3. The van der Waals surface area contributed by atoms with Gasteiger partial charge < -0.3 is 0 Å². The summed E-state index contributed by atoms with van der Waals surface area (Å²) < 4.78 is 0. The molecule has 0 bridgehead atoms. The third-order valence-corrected chi connectivity index (χ3v) is 5.60. The molecule has 0 unspecified atom stereocenters. The molecule has 2 rings (SSSR count). The smallest absolute Gasteiger partial charge is 0.0711 e. The van der Waals surface area contributed by atoms with Gasteiger partial charge in [-0.25, -0.2) is 0 Å². The Kier molecular flexibility index (Phi) is 5.66. The van der Waals surface area contributed by atoms with Gasteiger partial charge in [-0.1, -0.05) is 18.0 Å². The van der Waals surface area contributed by atoms with Gasteiger partial charge in [0, 0.05) is 10.2 Å². The van der Waals surface area contributed by atoms with Gasteiger partial charge in [0.15, 0.2) is 0 Å². The Balaban J connectivity index is 2.07. The lowest BCUT2D eigenvalue weighted by molar-refractivity contribution is -0.0698. The van der Waals surface area contributed by atoms with Crippen LogP contribution in [0.25, 0.3) is 0 Å². The van der Waals surface area contributed by atoms with Gasteiger partial charge in [-0.2, -0.15) is 0 Å². The average Bonchev–Trinajstić information content (AvgIpc) is 2.46. The first kappa shape index (κ1) is 15.3. The number of hydrogen-bond donors (Lipinski definition) is 0. The largest absolute Gasteiger partial charge is 0.286 e. The molecule has 0 atom stereocenters. The van der Waals surface area contributed by atoms with Gasteiger partial charge in [-0.05, 0) is 71.6 Å². The summed E-state index contributed by atoms with van der Waals surface area (Å²) in [6.07, 6.45) is 11.0. The van der Waals surface area contributed by atoms with Crippen molar-refractivity contribution in [2.75, 3.05) is 26.2 Å². The van der Waals surface area contributed by atoms with Crippen molar-refractivity contribution in [1.29, 1.82) is 0 Å². The van der Waals surface area contributed by atoms with Crippen LogP contribution in [-0.4, -0.2) is 51.9 Å². The predicted molar refractivity (Wildman–Crippen MR) is 87.6 cm³/mol. The second-order valence-corrected chi connectivity index (χ2v) is 8.18. The summed E-state index contributed by atoms with van der Waals surface area (Å²) in [4.78, 5) is 5.57. The maximum Gasteiger partial charge on any atom is 0.0711 e. The zero-order valence-corrected chi connectivity index (χ0v) is 15.1. The van der Waals surface area contributed by atoms with Gasteiger partial charge in [-0.3, -0.25) is 9.80 Å². The topological polar surface area (TPSA) is 6.48 Å². The monoisotopic (exact) mass is 280 g/mol. The van der Waals surface area contributed by atoms with Crippen LogP contribution in [0.1, 0.15) is 58.3 Å². The molecule has 2 saturated heterocycles. The van der Waals surface area contributed by atoms with E-state index in [9.17, 15) is 0 Å². The van der Waals surface area contributed by atoms with E-state index in [-0.39, 0.29) is 0 Å². The van der Waals surface area contributed by atoms with E-state index in [4.69, 9.17) is 0 Å². The Hall–Kier alpha value is -0.123. The summed E-state index contributed by atoms with van der Waals surface area (Å²) in [6, 6.07) is 0. The minimum atomic E-state index is 0.300. The molecule has 0 aromatic heterocycles. The molecular formula is C16H32N2Si. The van der Waals surface area contributed by atoms with Crippen molar-refractivity contribution in [3.63, 3.8) is 0 Å². The first-order valence-corrected chi connectivity index (χ1v) is 9.27. The third-order valence-electron chi connectivity index (χ3n) is 5.10. The molecule has 3 heteroatoms. The van der Waals surface area contributed by atoms with Crippen molar-refractivity contribution in [3.05, 3.63) is 11.8 Å². The zero-order valence-electron chi connectivity index (χ0n) is 13.1. The second-order valence-electron chi connectivity index (χ2n) is 6.77. The summed E-state index contributed by atoms with van der Waals surface area (Å²) in [5, 5.41) is 1.47. The second kappa shape index (κ2) is 7.05. The van der Waals surface area contributed by atoms with E-state index in [0.717, 1.165) is 10.2 Å². The molecule has 2 heterocycles. The van der Waals surface area contributed by atoms with Gasteiger partial charge in [0.25, 0.3) is 0 Å². The van der Waals surface area contributed by atoms with E-state index in [1.54, 1.807) is 0 Å². The van der Waals surface area contributed by atoms with Crippen LogP contribution in [0.3, 0.4) is 0 Å². The fourth-order valence-electron chi connectivity index (χ4n) is 3.72. The fraction of sp³-hybridized carbons (Fsp3) is 0.875. The fourth-order valence-corrected chi connectivity index (χ4v) is 3.97. The summed E-state index contributed by atoms with van der Waals surface area (Å²) in [6.45, 7) is 11.9. The van der Waals surface area contributed by atoms with Crippen molar-refractivity contribution in [2.45, 2.75) is 64.0 Å². The average molecular weight is 281 g/mol. The normalized spacial score (nSPS) is 23.6. The highest BCUT2D eigenvalue weighted by molar-refractivity contribution is 6.21. The van der Waals surface area contributed by atoms with Crippen LogP contribution < -0.4 is 0 Å². The van der Waals surface area contributed by atoms with Crippen LogP contribution in [0.5, 0.6) is 0 Å². The highest BCUT2D eigenvalue weighted by atomic mass is 28.1. The molecule has 0 spiro atoms. The van der Waals surface area contributed by atoms with Gasteiger partial charge in [0.1, 0.15) is 0 Å². The first-order chi connectivity index (χ1) is 9.13. The maximum absolute atomic E-state index is 4.17. The van der Waals surface area contributed by atoms with E-state index in [1.165, 1.54) is 82.7 Å². The Morgan fingerprint density at radius 1 is 0.947 bits per heavy atom. The lowest BCUT2D eigenvalue weighted by Gasteiger charge is -2.52. The number of allylic oxidation sites excluding steroid dienone is 1. The summed E-state index contributed by atoms with van der Waals surface area (Å²) in [7, 11) is 1.16. The van der Waals surface area contributed by atoms with E-state index in [2.05, 4.69) is 23.3 Å². The molecule has 2 nitrogen and oxygen atoms in total. The summed E-state index contributed by atoms with van der Waals surface area (Å²) >= 11 is 0. The number of hydrogen-bond acceptors (Lipinski definition) is 2. The van der Waals surface area contributed by atoms with Gasteiger partial charge in [0.2, 0.25) is 0 Å². The third kappa shape index (κ3) is 3.93. The Bertz CT molecular complexity index is 273. The zero-order chi connectivity index (χ0) is 13.7. The van der Waals surface area contributed by atoms with Crippen LogP contribution in [0, 0.1) is 0 Å². The Labute approximate surface area is 122 Å². The Morgan fingerprint density at radius 3 is 1.74 bits per heavy atom. The molecule has 0 aromatic carbocycles. The van der Waals surface area contributed by atoms with Crippen molar-refractivity contribution in [1.82, 2.24) is 9.80 Å². The number of nitrogens with zero attached hydrogens (tertiary/aromatic N) is 2. The quantitative estimate of drug-likeness (QED) is 0.713. The van der Waals surface area contributed by atoms with Crippen LogP contribution in [0.4, 0.5) is 0 Å². The molecule has 0 aliphatic carbocycles. The minimum Gasteiger partial charge on any atom is -0.286 e. The van der Waals surface area contributed by atoms with Crippen LogP contribution in [-0.2, 0) is 0 Å². The van der Waals surface area contributed by atoms with Crippen molar-refractivity contribution in [2.24, 2.45) is 0 Å². The van der Waals surface area contributed by atoms with Crippen molar-refractivity contribution < 1.29 is 0 Å². The van der Waals surface area contributed by atoms with E-state index < -0.39 is 0 Å². The SMILES string of the molecule is C=C([SiH3])CCC(C)(N1CCCCC1)N1CCCCC1. The molecule has 2 aliphatic rings. The van der Waals surface area contributed by atoms with Crippen LogP contribution in [0.15, 0.2) is 11.8 Å². The van der Waals surface area contributed by atoms with Crippen molar-refractivity contribution in [3.8, 4) is 0 Å². The van der Waals surface area contributed by atoms with Gasteiger partial charge in [0.05, 0.1) is 5.66 Å². The molecule has 0 saturated carbocycles. The molecule has 0 N–H and O–H groups in total. The highest BCUT2D eigenvalue weighted by Gasteiger charge is 2.38. The molecule has 0 amide bonds. The maximum atomic E-state index is 4.17. The van der Waals surface area contributed by atoms with E-state index >= 15 is 0 Å². The molecule has 110 valence electrons. The summed E-state index contributed by atoms with van der Waals surface area (Å²) in [5.74, 6) is 0. The lowest BCUT2D eigenvalue weighted by atomic mass is 9.95. The number of rotatable bonds is 5. The number of piperidine rings is 2. The van der Waals surface area contributed by atoms with Crippen LogP contribution >= 0.6 is 0 Å². The van der Waals surface area contributed by atoms with Gasteiger partial charge in [-0.15, -0.1) is 6.58 Å². The summed E-state index contributed by atoms with van der Waals surface area (Å²) in [5.41, 5.74) is 0.300.